The molecule has 3 aliphatic heterocycles. The number of ether oxygens (including phenoxy) is 2. The average molecular weight is 374 g/mol. The second kappa shape index (κ2) is 5.69. The van der Waals surface area contributed by atoms with Crippen molar-refractivity contribution in [1.29, 1.82) is 0 Å². The van der Waals surface area contributed by atoms with Crippen LogP contribution in [0.25, 0.3) is 0 Å². The number of rotatable bonds is 0. The highest BCUT2D eigenvalue weighted by Crippen LogP contribution is 2.48. The summed E-state index contributed by atoms with van der Waals surface area (Å²) in [5.74, 6) is 0.0791. The number of nitrogens with zero attached hydrogens (tertiary/aromatic N) is 2. The Labute approximate surface area is 164 Å². The Hall–Kier alpha value is -2.62. The van der Waals surface area contributed by atoms with Crippen molar-refractivity contribution in [2.75, 3.05) is 13.1 Å². The fourth-order valence-corrected chi connectivity index (χ4v) is 5.40. The van der Waals surface area contributed by atoms with Gasteiger partial charge < -0.3 is 14.4 Å². The summed E-state index contributed by atoms with van der Waals surface area (Å²) < 4.78 is 12.5. The van der Waals surface area contributed by atoms with Crippen LogP contribution >= 0.6 is 0 Å². The van der Waals surface area contributed by atoms with Crippen molar-refractivity contribution in [3.63, 3.8) is 0 Å². The first kappa shape index (κ1) is 16.3. The lowest BCUT2D eigenvalue weighted by Crippen LogP contribution is -2.47. The minimum atomic E-state index is -0.924. The zero-order valence-corrected chi connectivity index (χ0v) is 15.7. The van der Waals surface area contributed by atoms with Crippen LogP contribution in [0.2, 0.25) is 0 Å². The topological polar surface area (TPSA) is 51.1 Å². The summed E-state index contributed by atoms with van der Waals surface area (Å²) >= 11 is 0. The fourth-order valence-electron chi connectivity index (χ4n) is 5.40. The van der Waals surface area contributed by atoms with Crippen molar-refractivity contribution in [3.8, 4) is 0 Å². The van der Waals surface area contributed by atoms with Crippen LogP contribution in [0.5, 0.6) is 0 Å². The molecule has 5 aliphatic rings. The van der Waals surface area contributed by atoms with Crippen LogP contribution in [0.15, 0.2) is 58.8 Å². The third-order valence-corrected chi connectivity index (χ3v) is 6.95. The summed E-state index contributed by atoms with van der Waals surface area (Å²) in [5, 5.41) is 0. The lowest BCUT2D eigenvalue weighted by atomic mass is 9.84. The van der Waals surface area contributed by atoms with Crippen LogP contribution in [-0.4, -0.2) is 35.5 Å². The number of aliphatic imine (C=N–C) groups is 1. The first-order valence-electron chi connectivity index (χ1n) is 10.1. The van der Waals surface area contributed by atoms with E-state index in [4.69, 9.17) is 9.47 Å². The first-order chi connectivity index (χ1) is 13.7. The van der Waals surface area contributed by atoms with Gasteiger partial charge in [0.15, 0.2) is 0 Å². The number of piperidine rings is 1. The Morgan fingerprint density at radius 3 is 2.93 bits per heavy atom. The maximum atomic E-state index is 12.9. The monoisotopic (exact) mass is 374 g/mol. The van der Waals surface area contributed by atoms with Crippen LogP contribution in [0.3, 0.4) is 0 Å². The number of hydrogen-bond donors (Lipinski definition) is 0. The first-order valence-corrected chi connectivity index (χ1v) is 10.1. The number of carbonyl (C=O) groups excluding carboxylic acids is 1. The molecule has 5 nitrogen and oxygen atoms in total. The lowest BCUT2D eigenvalue weighted by Gasteiger charge is -2.39. The van der Waals surface area contributed by atoms with E-state index in [1.807, 2.05) is 12.2 Å². The molecule has 6 rings (SSSR count). The second-order valence-electron chi connectivity index (χ2n) is 8.31. The van der Waals surface area contributed by atoms with Gasteiger partial charge in [-0.05, 0) is 36.5 Å². The number of benzene rings is 1. The van der Waals surface area contributed by atoms with Gasteiger partial charge in [0.2, 0.25) is 5.60 Å². The Morgan fingerprint density at radius 2 is 2.04 bits per heavy atom. The molecule has 0 N–H and O–H groups in total. The maximum Gasteiger partial charge on any atom is 0.299 e. The van der Waals surface area contributed by atoms with Gasteiger partial charge in [0.1, 0.15) is 0 Å². The van der Waals surface area contributed by atoms with Crippen LogP contribution in [-0.2, 0) is 26.5 Å². The van der Waals surface area contributed by atoms with Crippen molar-refractivity contribution in [2.24, 2.45) is 10.9 Å². The van der Waals surface area contributed by atoms with E-state index >= 15 is 0 Å². The van der Waals surface area contributed by atoms with Crippen molar-refractivity contribution >= 4 is 11.9 Å². The van der Waals surface area contributed by atoms with Gasteiger partial charge in [-0.25, -0.2) is 0 Å². The molecular formula is C23H22N2O3. The minimum Gasteiger partial charge on any atom is -0.443 e. The molecule has 0 bridgehead atoms. The van der Waals surface area contributed by atoms with Crippen LogP contribution in [0.1, 0.15) is 36.8 Å². The van der Waals surface area contributed by atoms with Gasteiger partial charge in [0, 0.05) is 31.0 Å². The molecule has 3 heterocycles. The summed E-state index contributed by atoms with van der Waals surface area (Å²) in [5.41, 5.74) is 5.70. The molecule has 2 atom stereocenters. The Balaban J connectivity index is 1.22. The van der Waals surface area contributed by atoms with Gasteiger partial charge in [0.25, 0.3) is 11.9 Å². The fraction of sp³-hybridized carbons (Fsp3) is 0.435. The summed E-state index contributed by atoms with van der Waals surface area (Å²) in [6, 6.07) is 8.98. The van der Waals surface area contributed by atoms with E-state index < -0.39 is 5.60 Å². The SMILES string of the molecule is O=C1N=C(N2CCC3(CC2)OCc2ccccc23)O[C@@]12CCC1C=CC=C=C12. The number of allylic oxidation sites excluding steroid dienone is 2. The van der Waals surface area contributed by atoms with Crippen LogP contribution < -0.4 is 0 Å². The largest absolute Gasteiger partial charge is 0.443 e. The van der Waals surface area contributed by atoms with E-state index in [1.54, 1.807) is 0 Å². The predicted molar refractivity (Wildman–Crippen MR) is 103 cm³/mol. The molecule has 1 unspecified atom stereocenters. The van der Waals surface area contributed by atoms with Crippen molar-refractivity contribution in [2.45, 2.75) is 43.5 Å². The van der Waals surface area contributed by atoms with E-state index in [-0.39, 0.29) is 17.4 Å². The van der Waals surface area contributed by atoms with Crippen LogP contribution in [0.4, 0.5) is 0 Å². The minimum absolute atomic E-state index is 0.168. The Kier molecular flexibility index (Phi) is 3.32. The molecule has 142 valence electrons. The standard InChI is InChI=1S/C23H22N2O3/c26-20-23(10-9-16-5-1-4-8-19(16)23)28-21(24-20)25-13-11-22(12-14-25)18-7-3-2-6-17(18)15-27-22/h1-7,16H,9-15H2/t16?,23-/m1/s1. The summed E-state index contributed by atoms with van der Waals surface area (Å²) in [7, 11) is 0. The molecule has 5 heteroatoms. The molecular weight excluding hydrogens is 352 g/mol. The second-order valence-corrected chi connectivity index (χ2v) is 8.31. The molecule has 1 aromatic rings. The molecule has 28 heavy (non-hydrogen) atoms. The zero-order chi connectivity index (χ0) is 18.8. The molecule has 2 spiro atoms. The Bertz CT molecular complexity index is 993. The highest BCUT2D eigenvalue weighted by atomic mass is 16.5. The number of amidine groups is 1. The van der Waals surface area contributed by atoms with Crippen molar-refractivity contribution in [3.05, 3.63) is 64.9 Å². The number of carbonyl (C=O) groups is 1. The third kappa shape index (κ3) is 2.12. The number of likely N-dealkylation sites (tertiary alicyclic amines) is 1. The molecule has 2 aliphatic carbocycles. The van der Waals surface area contributed by atoms with Crippen molar-refractivity contribution < 1.29 is 14.3 Å². The molecule has 1 saturated heterocycles. The van der Waals surface area contributed by atoms with Crippen molar-refractivity contribution in [1.82, 2.24) is 4.90 Å². The van der Waals surface area contributed by atoms with Crippen LogP contribution in [0, 0.1) is 5.92 Å². The van der Waals surface area contributed by atoms with Gasteiger partial charge in [-0.1, -0.05) is 36.4 Å². The summed E-state index contributed by atoms with van der Waals surface area (Å²) in [6.07, 6.45) is 9.34. The van der Waals surface area contributed by atoms with E-state index in [9.17, 15) is 4.79 Å². The quantitative estimate of drug-likeness (QED) is 0.655. The summed E-state index contributed by atoms with van der Waals surface area (Å²) in [6.45, 7) is 2.23. The van der Waals surface area contributed by atoms with E-state index in [0.29, 0.717) is 19.0 Å². The van der Waals surface area contributed by atoms with E-state index in [2.05, 4.69) is 46.0 Å². The average Bonchev–Trinajstić information content (AvgIpc) is 3.40. The third-order valence-electron chi connectivity index (χ3n) is 6.95. The zero-order valence-electron chi connectivity index (χ0n) is 15.7. The van der Waals surface area contributed by atoms with Gasteiger partial charge in [-0.3, -0.25) is 4.79 Å². The molecule has 0 aromatic heterocycles. The predicted octanol–water partition coefficient (Wildman–Crippen LogP) is 3.22. The molecule has 1 aromatic carbocycles. The maximum absolute atomic E-state index is 12.9. The molecule has 2 fully saturated rings. The summed E-state index contributed by atoms with van der Waals surface area (Å²) in [4.78, 5) is 19.3. The van der Waals surface area contributed by atoms with Gasteiger partial charge >= 0.3 is 0 Å². The van der Waals surface area contributed by atoms with E-state index in [1.165, 1.54) is 11.1 Å². The number of hydrogen-bond acceptors (Lipinski definition) is 4. The highest BCUT2D eigenvalue weighted by molar-refractivity contribution is 6.04. The van der Waals surface area contributed by atoms with Gasteiger partial charge in [-0.2, -0.15) is 4.99 Å². The molecule has 1 saturated carbocycles. The number of amides is 1. The van der Waals surface area contributed by atoms with Gasteiger partial charge in [-0.15, -0.1) is 5.73 Å². The normalized spacial score (nSPS) is 31.8. The molecule has 0 radical (unpaired) electrons. The Morgan fingerprint density at radius 1 is 1.18 bits per heavy atom. The smallest absolute Gasteiger partial charge is 0.299 e. The highest BCUT2D eigenvalue weighted by Gasteiger charge is 2.57. The van der Waals surface area contributed by atoms with Gasteiger partial charge in [0.05, 0.1) is 12.2 Å². The molecule has 1 amide bonds. The van der Waals surface area contributed by atoms with E-state index in [0.717, 1.165) is 37.9 Å². The number of fused-ring (bicyclic) bond motifs is 4. The lowest BCUT2D eigenvalue weighted by molar-refractivity contribution is -0.128.